The number of hydrogen-bond donors (Lipinski definition) is 0. The van der Waals surface area contributed by atoms with Crippen LogP contribution in [0.5, 0.6) is 5.75 Å². The molecule has 0 aliphatic heterocycles. The second-order valence-electron chi connectivity index (χ2n) is 4.92. The van der Waals surface area contributed by atoms with Gasteiger partial charge in [0.25, 0.3) is 5.56 Å². The number of para-hydroxylation sites is 2. The molecule has 0 N–H and O–H groups in total. The van der Waals surface area contributed by atoms with Gasteiger partial charge in [-0.05, 0) is 24.3 Å². The average molecular weight is 330 g/mol. The molecule has 1 aromatic heterocycles. The minimum absolute atomic E-state index is 0.0220. The Hall–Kier alpha value is -2.67. The van der Waals surface area contributed by atoms with E-state index < -0.39 is 10.1 Å². The van der Waals surface area contributed by atoms with Crippen molar-refractivity contribution in [2.45, 2.75) is 6.54 Å². The molecule has 2 aromatic carbocycles. The first-order valence-electron chi connectivity index (χ1n) is 6.96. The minimum atomic E-state index is -3.79. The highest BCUT2D eigenvalue weighted by Crippen LogP contribution is 2.12. The molecular formula is C16H14N2O4S. The summed E-state index contributed by atoms with van der Waals surface area (Å²) in [6.07, 6.45) is 1.35. The zero-order valence-electron chi connectivity index (χ0n) is 12.1. The van der Waals surface area contributed by atoms with E-state index in [1.807, 2.05) is 0 Å². The van der Waals surface area contributed by atoms with Gasteiger partial charge in [-0.1, -0.05) is 30.3 Å². The maximum Gasteiger partial charge on any atom is 0.310 e. The second kappa shape index (κ2) is 6.21. The van der Waals surface area contributed by atoms with Gasteiger partial charge in [0.15, 0.2) is 0 Å². The van der Waals surface area contributed by atoms with Crippen LogP contribution in [0.1, 0.15) is 0 Å². The van der Waals surface area contributed by atoms with Gasteiger partial charge in [0.05, 0.1) is 17.2 Å². The summed E-state index contributed by atoms with van der Waals surface area (Å²) in [5.41, 5.74) is 0.308. The van der Waals surface area contributed by atoms with Gasteiger partial charge in [0.2, 0.25) is 0 Å². The number of aromatic nitrogens is 2. The van der Waals surface area contributed by atoms with Crippen molar-refractivity contribution in [1.29, 1.82) is 0 Å². The summed E-state index contributed by atoms with van der Waals surface area (Å²) in [5.74, 6) is -0.0709. The first kappa shape index (κ1) is 15.2. The van der Waals surface area contributed by atoms with Crippen LogP contribution in [0.3, 0.4) is 0 Å². The smallest absolute Gasteiger partial charge is 0.310 e. The van der Waals surface area contributed by atoms with E-state index in [1.54, 1.807) is 54.6 Å². The number of fused-ring (bicyclic) bond motifs is 1. The summed E-state index contributed by atoms with van der Waals surface area (Å²) < 4.78 is 30.2. The number of benzene rings is 2. The predicted octanol–water partition coefficient (Wildman–Crippen LogP) is 1.81. The molecule has 0 saturated carbocycles. The van der Waals surface area contributed by atoms with Crippen LogP contribution in [0.2, 0.25) is 0 Å². The summed E-state index contributed by atoms with van der Waals surface area (Å²) in [6, 6.07) is 15.2. The molecule has 0 bridgehead atoms. The Kier molecular flexibility index (Phi) is 4.12. The Bertz CT molecular complexity index is 982. The van der Waals surface area contributed by atoms with Crippen LogP contribution in [0, 0.1) is 0 Å². The Morgan fingerprint density at radius 3 is 2.48 bits per heavy atom. The minimum Gasteiger partial charge on any atom is -0.382 e. The molecule has 23 heavy (non-hydrogen) atoms. The first-order valence-corrected chi connectivity index (χ1v) is 8.54. The lowest BCUT2D eigenvalue weighted by Gasteiger charge is -2.08. The molecule has 0 fully saturated rings. The number of nitrogens with zero attached hydrogens (tertiary/aromatic N) is 2. The van der Waals surface area contributed by atoms with Crippen LogP contribution < -0.4 is 9.74 Å². The topological polar surface area (TPSA) is 78.3 Å². The molecule has 0 saturated heterocycles. The number of hydrogen-bond acceptors (Lipinski definition) is 5. The molecule has 3 aromatic rings. The van der Waals surface area contributed by atoms with E-state index in [2.05, 4.69) is 4.98 Å². The molecule has 118 valence electrons. The van der Waals surface area contributed by atoms with Gasteiger partial charge in [-0.2, -0.15) is 8.42 Å². The molecule has 0 amide bonds. The third-order valence-corrected chi connectivity index (χ3v) is 4.41. The summed E-state index contributed by atoms with van der Waals surface area (Å²) in [6.45, 7) is -0.0220. The molecular weight excluding hydrogens is 316 g/mol. The normalized spacial score (nSPS) is 11.5. The Morgan fingerprint density at radius 2 is 1.70 bits per heavy atom. The lowest BCUT2D eigenvalue weighted by Crippen LogP contribution is -2.26. The van der Waals surface area contributed by atoms with Gasteiger partial charge in [0.1, 0.15) is 11.5 Å². The Morgan fingerprint density at radius 1 is 1.00 bits per heavy atom. The average Bonchev–Trinajstić information content (AvgIpc) is 2.55. The van der Waals surface area contributed by atoms with Crippen LogP contribution in [0.25, 0.3) is 10.9 Å². The maximum absolute atomic E-state index is 12.3. The second-order valence-corrected chi connectivity index (χ2v) is 6.61. The van der Waals surface area contributed by atoms with E-state index in [1.165, 1.54) is 10.9 Å². The van der Waals surface area contributed by atoms with E-state index in [-0.39, 0.29) is 23.6 Å². The Labute approximate surface area is 133 Å². The zero-order chi connectivity index (χ0) is 16.3. The molecule has 0 aliphatic rings. The van der Waals surface area contributed by atoms with Gasteiger partial charge in [0, 0.05) is 6.54 Å². The van der Waals surface area contributed by atoms with Crippen molar-refractivity contribution in [2.75, 3.05) is 5.75 Å². The van der Waals surface area contributed by atoms with Crippen molar-refractivity contribution < 1.29 is 12.6 Å². The molecule has 3 rings (SSSR count). The lowest BCUT2D eigenvalue weighted by molar-refractivity contribution is 0.480. The van der Waals surface area contributed by atoms with Crippen molar-refractivity contribution in [3.05, 3.63) is 71.3 Å². The summed E-state index contributed by atoms with van der Waals surface area (Å²) in [4.78, 5) is 16.4. The van der Waals surface area contributed by atoms with Crippen LogP contribution in [0.4, 0.5) is 0 Å². The van der Waals surface area contributed by atoms with Crippen molar-refractivity contribution >= 4 is 21.0 Å². The van der Waals surface area contributed by atoms with Gasteiger partial charge >= 0.3 is 10.1 Å². The fourth-order valence-corrected chi connectivity index (χ4v) is 3.05. The largest absolute Gasteiger partial charge is 0.382 e. The molecule has 0 spiro atoms. The van der Waals surface area contributed by atoms with Crippen molar-refractivity contribution in [1.82, 2.24) is 9.55 Å². The number of rotatable bonds is 5. The van der Waals surface area contributed by atoms with Crippen LogP contribution >= 0.6 is 0 Å². The van der Waals surface area contributed by atoms with E-state index in [4.69, 9.17) is 4.18 Å². The molecule has 7 heteroatoms. The van der Waals surface area contributed by atoms with Crippen LogP contribution in [0.15, 0.2) is 65.7 Å². The highest BCUT2D eigenvalue weighted by atomic mass is 32.2. The highest BCUT2D eigenvalue weighted by molar-refractivity contribution is 7.87. The first-order chi connectivity index (χ1) is 11.1. The quantitative estimate of drug-likeness (QED) is 0.667. The van der Waals surface area contributed by atoms with Gasteiger partial charge in [-0.25, -0.2) is 4.98 Å². The molecule has 0 aliphatic carbocycles. The molecule has 6 nitrogen and oxygen atoms in total. The number of aryl methyl sites for hydroxylation is 1. The summed E-state index contributed by atoms with van der Waals surface area (Å²) >= 11 is 0. The van der Waals surface area contributed by atoms with Gasteiger partial charge in [-0.3, -0.25) is 9.36 Å². The third kappa shape index (κ3) is 3.57. The predicted molar refractivity (Wildman–Crippen MR) is 86.9 cm³/mol. The summed E-state index contributed by atoms with van der Waals surface area (Å²) in [5, 5.41) is 0.455. The standard InChI is InChI=1S/C16H14N2O4S/c19-16-14-8-4-5-9-15(14)17-12-18(16)10-11-23(20,21)22-13-6-2-1-3-7-13/h1-9,12H,10-11H2. The monoisotopic (exact) mass is 330 g/mol. The maximum atomic E-state index is 12.3. The molecule has 0 radical (unpaired) electrons. The van der Waals surface area contributed by atoms with Gasteiger partial charge < -0.3 is 4.18 Å². The summed E-state index contributed by atoms with van der Waals surface area (Å²) in [7, 11) is -3.79. The SMILES string of the molecule is O=c1c2ccccc2ncn1CCS(=O)(=O)Oc1ccccc1. The zero-order valence-corrected chi connectivity index (χ0v) is 12.9. The van der Waals surface area contributed by atoms with E-state index in [0.717, 1.165) is 0 Å². The van der Waals surface area contributed by atoms with E-state index >= 15 is 0 Å². The lowest BCUT2D eigenvalue weighted by atomic mass is 10.2. The molecule has 0 unspecified atom stereocenters. The van der Waals surface area contributed by atoms with Crippen molar-refractivity contribution in [2.24, 2.45) is 0 Å². The van der Waals surface area contributed by atoms with Crippen LogP contribution in [-0.4, -0.2) is 23.7 Å². The Balaban J connectivity index is 1.78. The van der Waals surface area contributed by atoms with Crippen molar-refractivity contribution in [3.8, 4) is 5.75 Å². The van der Waals surface area contributed by atoms with Crippen LogP contribution in [-0.2, 0) is 16.7 Å². The van der Waals surface area contributed by atoms with Gasteiger partial charge in [-0.15, -0.1) is 0 Å². The molecule has 0 atom stereocenters. The fraction of sp³-hybridized carbons (Fsp3) is 0.125. The van der Waals surface area contributed by atoms with E-state index in [9.17, 15) is 13.2 Å². The fourth-order valence-electron chi connectivity index (χ4n) is 2.14. The molecule has 1 heterocycles. The third-order valence-electron chi connectivity index (χ3n) is 3.28. The van der Waals surface area contributed by atoms with Crippen molar-refractivity contribution in [3.63, 3.8) is 0 Å². The highest BCUT2D eigenvalue weighted by Gasteiger charge is 2.14. The van der Waals surface area contributed by atoms with E-state index in [0.29, 0.717) is 10.9 Å².